The molecule has 0 radical (unpaired) electrons. The maximum absolute atomic E-state index is 6.03. The van der Waals surface area contributed by atoms with Gasteiger partial charge in [-0.1, -0.05) is 26.0 Å². The summed E-state index contributed by atoms with van der Waals surface area (Å²) in [5.74, 6) is 0. The van der Waals surface area contributed by atoms with Crippen molar-refractivity contribution in [3.8, 4) is 0 Å². The minimum Gasteiger partial charge on any atom is -0.369 e. The molecule has 0 bridgehead atoms. The van der Waals surface area contributed by atoms with Crippen LogP contribution in [0.15, 0.2) is 24.3 Å². The number of anilines is 1. The van der Waals surface area contributed by atoms with Crippen LogP contribution in [0.2, 0.25) is 0 Å². The molecule has 0 amide bonds. The van der Waals surface area contributed by atoms with Crippen molar-refractivity contribution in [3.05, 3.63) is 29.8 Å². The fourth-order valence-corrected chi connectivity index (χ4v) is 2.12. The van der Waals surface area contributed by atoms with Crippen LogP contribution in [-0.2, 0) is 0 Å². The third kappa shape index (κ3) is 3.47. The molecule has 2 unspecified atom stereocenters. The van der Waals surface area contributed by atoms with E-state index in [1.807, 2.05) is 0 Å². The lowest BCUT2D eigenvalue weighted by Gasteiger charge is -2.29. The van der Waals surface area contributed by atoms with Crippen LogP contribution in [0.4, 0.5) is 5.69 Å². The van der Waals surface area contributed by atoms with Crippen molar-refractivity contribution in [1.29, 1.82) is 0 Å². The molecule has 0 aliphatic heterocycles. The molecule has 0 aromatic heterocycles. The first-order valence-corrected chi connectivity index (χ1v) is 6.76. The van der Waals surface area contributed by atoms with E-state index in [0.29, 0.717) is 6.04 Å². The van der Waals surface area contributed by atoms with Gasteiger partial charge in [-0.05, 0) is 44.4 Å². The Balaban J connectivity index is 2.85. The van der Waals surface area contributed by atoms with Gasteiger partial charge in [-0.15, -0.1) is 0 Å². The molecule has 2 heteroatoms. The maximum Gasteiger partial charge on any atom is 0.0368 e. The van der Waals surface area contributed by atoms with Crippen molar-refractivity contribution < 1.29 is 0 Å². The molecule has 0 aliphatic carbocycles. The molecule has 0 aliphatic rings. The van der Waals surface area contributed by atoms with Gasteiger partial charge in [-0.25, -0.2) is 0 Å². The first-order valence-electron chi connectivity index (χ1n) is 6.76. The topological polar surface area (TPSA) is 29.3 Å². The van der Waals surface area contributed by atoms with Crippen LogP contribution in [0.5, 0.6) is 0 Å². The van der Waals surface area contributed by atoms with Crippen molar-refractivity contribution in [2.45, 2.75) is 52.6 Å². The van der Waals surface area contributed by atoms with Gasteiger partial charge in [0.05, 0.1) is 0 Å². The molecule has 0 spiro atoms. The summed E-state index contributed by atoms with van der Waals surface area (Å²) in [5.41, 5.74) is 8.56. The first kappa shape index (κ1) is 14.0. The molecule has 17 heavy (non-hydrogen) atoms. The van der Waals surface area contributed by atoms with E-state index in [2.05, 4.69) is 56.9 Å². The molecule has 0 fully saturated rings. The normalized spacial score (nSPS) is 14.4. The minimum absolute atomic E-state index is 0.169. The Morgan fingerprint density at radius 3 is 2.06 bits per heavy atom. The first-order chi connectivity index (χ1) is 8.13. The van der Waals surface area contributed by atoms with E-state index in [4.69, 9.17) is 5.73 Å². The van der Waals surface area contributed by atoms with Gasteiger partial charge in [0.15, 0.2) is 0 Å². The number of rotatable bonds is 6. The molecule has 2 atom stereocenters. The monoisotopic (exact) mass is 234 g/mol. The quantitative estimate of drug-likeness (QED) is 0.813. The highest BCUT2D eigenvalue weighted by molar-refractivity contribution is 5.48. The van der Waals surface area contributed by atoms with Crippen LogP contribution in [-0.4, -0.2) is 12.6 Å². The summed E-state index contributed by atoms with van der Waals surface area (Å²) in [6, 6.07) is 9.47. The van der Waals surface area contributed by atoms with Crippen molar-refractivity contribution >= 4 is 5.69 Å². The second-order valence-corrected chi connectivity index (χ2v) is 4.65. The van der Waals surface area contributed by atoms with Crippen LogP contribution in [0.3, 0.4) is 0 Å². The predicted octanol–water partition coefficient (Wildman–Crippen LogP) is 3.72. The summed E-state index contributed by atoms with van der Waals surface area (Å²) in [5, 5.41) is 0. The van der Waals surface area contributed by atoms with E-state index >= 15 is 0 Å². The lowest BCUT2D eigenvalue weighted by molar-refractivity contribution is 0.629. The van der Waals surface area contributed by atoms with Gasteiger partial charge in [0.1, 0.15) is 0 Å². The number of nitrogens with zero attached hydrogens (tertiary/aromatic N) is 1. The molecule has 96 valence electrons. The van der Waals surface area contributed by atoms with Crippen molar-refractivity contribution in [1.82, 2.24) is 0 Å². The average Bonchev–Trinajstić information content (AvgIpc) is 2.39. The molecular formula is C15H26N2. The van der Waals surface area contributed by atoms with Crippen LogP contribution in [0.1, 0.15) is 52.1 Å². The summed E-state index contributed by atoms with van der Waals surface area (Å²) < 4.78 is 0. The summed E-state index contributed by atoms with van der Waals surface area (Å²) in [6.07, 6.45) is 2.16. The lowest BCUT2D eigenvalue weighted by Crippen LogP contribution is -2.32. The Bertz CT molecular complexity index is 318. The Hall–Kier alpha value is -1.02. The smallest absolute Gasteiger partial charge is 0.0368 e. The second-order valence-electron chi connectivity index (χ2n) is 4.65. The van der Waals surface area contributed by atoms with E-state index in [-0.39, 0.29) is 6.04 Å². The van der Waals surface area contributed by atoms with Gasteiger partial charge in [0, 0.05) is 24.3 Å². The van der Waals surface area contributed by atoms with Gasteiger partial charge in [-0.2, -0.15) is 0 Å². The van der Waals surface area contributed by atoms with E-state index < -0.39 is 0 Å². The Kier molecular flexibility index (Phi) is 5.49. The molecule has 1 aromatic carbocycles. The molecule has 0 saturated carbocycles. The molecule has 0 heterocycles. The fourth-order valence-electron chi connectivity index (χ4n) is 2.12. The summed E-state index contributed by atoms with van der Waals surface area (Å²) in [6.45, 7) is 9.88. The van der Waals surface area contributed by atoms with Gasteiger partial charge >= 0.3 is 0 Å². The summed E-state index contributed by atoms with van der Waals surface area (Å²) in [7, 11) is 0. The highest BCUT2D eigenvalue weighted by atomic mass is 15.1. The van der Waals surface area contributed by atoms with E-state index in [1.54, 1.807) is 0 Å². The highest BCUT2D eigenvalue weighted by Crippen LogP contribution is 2.22. The van der Waals surface area contributed by atoms with Crippen LogP contribution in [0.25, 0.3) is 0 Å². The maximum atomic E-state index is 6.03. The van der Waals surface area contributed by atoms with Crippen LogP contribution < -0.4 is 10.6 Å². The SMILES string of the molecule is CCC(N)c1ccc(N(CC)C(C)CC)cc1. The standard InChI is InChI=1S/C15H26N2/c1-5-12(4)17(7-3)14-10-8-13(9-11-14)15(16)6-2/h8-12,15H,5-7,16H2,1-4H3. The van der Waals surface area contributed by atoms with Gasteiger partial charge in [0.2, 0.25) is 0 Å². The zero-order valence-electron chi connectivity index (χ0n) is 11.6. The van der Waals surface area contributed by atoms with E-state index in [0.717, 1.165) is 13.0 Å². The zero-order chi connectivity index (χ0) is 12.8. The van der Waals surface area contributed by atoms with Crippen molar-refractivity contribution in [2.75, 3.05) is 11.4 Å². The van der Waals surface area contributed by atoms with Crippen molar-refractivity contribution in [2.24, 2.45) is 5.73 Å². The number of hydrogen-bond donors (Lipinski definition) is 1. The minimum atomic E-state index is 0.169. The Labute approximate surface area is 106 Å². The van der Waals surface area contributed by atoms with E-state index in [1.165, 1.54) is 17.7 Å². The largest absolute Gasteiger partial charge is 0.369 e. The third-order valence-electron chi connectivity index (χ3n) is 3.56. The van der Waals surface area contributed by atoms with Crippen LogP contribution >= 0.6 is 0 Å². The van der Waals surface area contributed by atoms with Gasteiger partial charge in [-0.3, -0.25) is 0 Å². The predicted molar refractivity (Wildman–Crippen MR) is 76.4 cm³/mol. The Morgan fingerprint density at radius 2 is 1.65 bits per heavy atom. The number of benzene rings is 1. The number of nitrogens with two attached hydrogens (primary N) is 1. The third-order valence-corrected chi connectivity index (χ3v) is 3.56. The van der Waals surface area contributed by atoms with Crippen molar-refractivity contribution in [3.63, 3.8) is 0 Å². The van der Waals surface area contributed by atoms with E-state index in [9.17, 15) is 0 Å². The molecular weight excluding hydrogens is 208 g/mol. The summed E-state index contributed by atoms with van der Waals surface area (Å²) >= 11 is 0. The molecule has 1 aromatic rings. The number of hydrogen-bond acceptors (Lipinski definition) is 2. The lowest BCUT2D eigenvalue weighted by atomic mass is 10.0. The average molecular weight is 234 g/mol. The highest BCUT2D eigenvalue weighted by Gasteiger charge is 2.11. The molecule has 2 N–H and O–H groups in total. The van der Waals surface area contributed by atoms with Crippen LogP contribution in [0, 0.1) is 0 Å². The zero-order valence-corrected chi connectivity index (χ0v) is 11.6. The second kappa shape index (κ2) is 6.65. The molecule has 2 nitrogen and oxygen atoms in total. The summed E-state index contributed by atoms with van der Waals surface area (Å²) in [4.78, 5) is 2.43. The van der Waals surface area contributed by atoms with Gasteiger partial charge in [0.25, 0.3) is 0 Å². The fraction of sp³-hybridized carbons (Fsp3) is 0.600. The van der Waals surface area contributed by atoms with Gasteiger partial charge < -0.3 is 10.6 Å². The molecule has 0 saturated heterocycles. The molecule has 1 rings (SSSR count). The Morgan fingerprint density at radius 1 is 1.06 bits per heavy atom.